The van der Waals surface area contributed by atoms with Gasteiger partial charge < -0.3 is 0 Å². The molecule has 0 spiro atoms. The zero-order chi connectivity index (χ0) is 13.8. The third-order valence-electron chi connectivity index (χ3n) is 2.80. The Bertz CT molecular complexity index is 681. The summed E-state index contributed by atoms with van der Waals surface area (Å²) in [5, 5.41) is 18.9. The van der Waals surface area contributed by atoms with E-state index in [2.05, 4.69) is 6.07 Å². The van der Waals surface area contributed by atoms with Crippen molar-refractivity contribution in [3.63, 3.8) is 0 Å². The lowest BCUT2D eigenvalue weighted by atomic mass is 9.89. The molecule has 0 N–H and O–H groups in total. The summed E-state index contributed by atoms with van der Waals surface area (Å²) in [6, 6.07) is 14.9. The van der Waals surface area contributed by atoms with E-state index in [1.54, 1.807) is 30.3 Å². The van der Waals surface area contributed by atoms with Crippen LogP contribution in [0.4, 0.5) is 4.39 Å². The summed E-state index contributed by atoms with van der Waals surface area (Å²) in [5.41, 5.74) is 0.949. The molecule has 19 heavy (non-hydrogen) atoms. The first-order valence-electron chi connectivity index (χ1n) is 5.51. The van der Waals surface area contributed by atoms with Crippen molar-refractivity contribution < 1.29 is 4.39 Å². The summed E-state index contributed by atoms with van der Waals surface area (Å²) < 4.78 is 13.6. The highest BCUT2D eigenvalue weighted by Gasteiger charge is 2.19. The normalized spacial score (nSPS) is 11.4. The first kappa shape index (κ1) is 13.1. The predicted octanol–water partition coefficient (Wildman–Crippen LogP) is 4.01. The fraction of sp³-hybridized carbons (Fsp3) is 0.0667. The Morgan fingerprint density at radius 1 is 1.05 bits per heavy atom. The van der Waals surface area contributed by atoms with E-state index in [1.165, 1.54) is 12.1 Å². The molecule has 2 aromatic rings. The minimum Gasteiger partial charge on any atom is -0.206 e. The van der Waals surface area contributed by atoms with E-state index in [1.807, 2.05) is 6.07 Å². The molecule has 0 aliphatic carbocycles. The van der Waals surface area contributed by atoms with E-state index in [4.69, 9.17) is 16.9 Å². The van der Waals surface area contributed by atoms with Crippen LogP contribution in [0, 0.1) is 28.5 Å². The average Bonchev–Trinajstić information content (AvgIpc) is 2.42. The molecule has 0 fully saturated rings. The maximum Gasteiger partial charge on any atom is 0.141 e. The first-order chi connectivity index (χ1) is 9.17. The van der Waals surface area contributed by atoms with Crippen molar-refractivity contribution >= 4 is 11.6 Å². The second-order valence-electron chi connectivity index (χ2n) is 3.93. The first-order valence-corrected chi connectivity index (χ1v) is 5.88. The highest BCUT2D eigenvalue weighted by molar-refractivity contribution is 6.30. The van der Waals surface area contributed by atoms with Gasteiger partial charge in [0, 0.05) is 5.02 Å². The van der Waals surface area contributed by atoms with Crippen molar-refractivity contribution in [2.24, 2.45) is 0 Å². The number of nitrogens with zero attached hydrogens (tertiary/aromatic N) is 2. The number of rotatable bonds is 2. The molecule has 0 heterocycles. The van der Waals surface area contributed by atoms with Crippen molar-refractivity contribution in [2.45, 2.75) is 5.92 Å². The van der Waals surface area contributed by atoms with Gasteiger partial charge in [0.1, 0.15) is 11.9 Å². The van der Waals surface area contributed by atoms with Gasteiger partial charge in [-0.05, 0) is 29.3 Å². The largest absolute Gasteiger partial charge is 0.206 e. The third kappa shape index (κ3) is 2.57. The lowest BCUT2D eigenvalue weighted by molar-refractivity contribution is 0.621. The molecule has 2 rings (SSSR count). The Labute approximate surface area is 115 Å². The summed E-state index contributed by atoms with van der Waals surface area (Å²) in [7, 11) is 0. The molecule has 2 aromatic carbocycles. The van der Waals surface area contributed by atoms with Crippen molar-refractivity contribution in [3.05, 3.63) is 70.0 Å². The molecule has 0 saturated heterocycles. The number of benzene rings is 2. The van der Waals surface area contributed by atoms with Gasteiger partial charge in [-0.2, -0.15) is 10.5 Å². The van der Waals surface area contributed by atoms with Gasteiger partial charge >= 0.3 is 0 Å². The van der Waals surface area contributed by atoms with E-state index in [-0.39, 0.29) is 5.56 Å². The molecule has 2 nitrogen and oxygen atoms in total. The van der Waals surface area contributed by atoms with Crippen molar-refractivity contribution in [1.29, 1.82) is 10.5 Å². The molecule has 1 atom stereocenters. The Balaban J connectivity index is 2.56. The minimum atomic E-state index is -0.692. The maximum atomic E-state index is 13.6. The Morgan fingerprint density at radius 3 is 2.32 bits per heavy atom. The lowest BCUT2D eigenvalue weighted by Gasteiger charge is -2.12. The monoisotopic (exact) mass is 270 g/mol. The van der Waals surface area contributed by atoms with Crippen LogP contribution in [0.3, 0.4) is 0 Å². The van der Waals surface area contributed by atoms with E-state index in [0.717, 1.165) is 0 Å². The van der Waals surface area contributed by atoms with Crippen LogP contribution >= 0.6 is 11.6 Å². The van der Waals surface area contributed by atoms with Crippen molar-refractivity contribution in [2.75, 3.05) is 0 Å². The van der Waals surface area contributed by atoms with E-state index in [9.17, 15) is 9.65 Å². The Hall–Kier alpha value is -2.36. The smallest absolute Gasteiger partial charge is 0.141 e. The van der Waals surface area contributed by atoms with E-state index < -0.39 is 11.7 Å². The second-order valence-corrected chi connectivity index (χ2v) is 4.37. The maximum absolute atomic E-state index is 13.6. The highest BCUT2D eigenvalue weighted by Crippen LogP contribution is 2.28. The van der Waals surface area contributed by atoms with Crippen LogP contribution in [0.25, 0.3) is 0 Å². The number of halogens is 2. The zero-order valence-corrected chi connectivity index (χ0v) is 10.5. The summed E-state index contributed by atoms with van der Waals surface area (Å²) >= 11 is 5.79. The SMILES string of the molecule is N#Cc1c(F)cccc1[C@@H](C#N)c1ccc(Cl)cc1. The predicted molar refractivity (Wildman–Crippen MR) is 70.0 cm³/mol. The molecule has 92 valence electrons. The van der Waals surface area contributed by atoms with Gasteiger partial charge in [0.25, 0.3) is 0 Å². The molecular formula is C15H8ClFN2. The number of hydrogen-bond acceptors (Lipinski definition) is 2. The Kier molecular flexibility index (Phi) is 3.80. The molecular weight excluding hydrogens is 263 g/mol. The minimum absolute atomic E-state index is 0.0935. The van der Waals surface area contributed by atoms with Crippen LogP contribution in [0.1, 0.15) is 22.6 Å². The summed E-state index contributed by atoms with van der Waals surface area (Å²) in [6.07, 6.45) is 0. The molecule has 0 aliphatic rings. The molecule has 0 aliphatic heterocycles. The number of hydrogen-bond donors (Lipinski definition) is 0. The third-order valence-corrected chi connectivity index (χ3v) is 3.05. The summed E-state index contributed by atoms with van der Waals surface area (Å²) in [5.74, 6) is -1.31. The van der Waals surface area contributed by atoms with Crippen LogP contribution in [0.5, 0.6) is 0 Å². The quantitative estimate of drug-likeness (QED) is 0.828. The van der Waals surface area contributed by atoms with Crippen molar-refractivity contribution in [3.8, 4) is 12.1 Å². The van der Waals surface area contributed by atoms with Gasteiger partial charge in [-0.1, -0.05) is 35.9 Å². The molecule has 0 aromatic heterocycles. The molecule has 0 saturated carbocycles. The summed E-state index contributed by atoms with van der Waals surface area (Å²) in [6.45, 7) is 0. The van der Waals surface area contributed by atoms with E-state index in [0.29, 0.717) is 16.1 Å². The fourth-order valence-electron chi connectivity index (χ4n) is 1.88. The average molecular weight is 271 g/mol. The van der Waals surface area contributed by atoms with Gasteiger partial charge in [0.05, 0.1) is 17.6 Å². The van der Waals surface area contributed by atoms with Crippen LogP contribution in [0.2, 0.25) is 5.02 Å². The highest BCUT2D eigenvalue weighted by atomic mass is 35.5. The standard InChI is InChI=1S/C15H8ClFN2/c16-11-6-4-10(5-7-11)13(8-18)12-2-1-3-15(17)14(12)9-19/h1-7,13H/t13-/m0/s1. The van der Waals surface area contributed by atoms with Gasteiger partial charge in [-0.25, -0.2) is 4.39 Å². The summed E-state index contributed by atoms with van der Waals surface area (Å²) in [4.78, 5) is 0. The molecule has 0 unspecified atom stereocenters. The fourth-order valence-corrected chi connectivity index (χ4v) is 2.00. The topological polar surface area (TPSA) is 47.6 Å². The van der Waals surface area contributed by atoms with Gasteiger partial charge in [0.2, 0.25) is 0 Å². The molecule has 0 radical (unpaired) electrons. The molecule has 0 amide bonds. The van der Waals surface area contributed by atoms with Crippen LogP contribution in [-0.2, 0) is 0 Å². The lowest BCUT2D eigenvalue weighted by Crippen LogP contribution is -2.02. The van der Waals surface area contributed by atoms with Crippen LogP contribution in [-0.4, -0.2) is 0 Å². The van der Waals surface area contributed by atoms with Crippen LogP contribution < -0.4 is 0 Å². The molecule has 4 heteroatoms. The Morgan fingerprint density at radius 2 is 1.74 bits per heavy atom. The van der Waals surface area contributed by atoms with Gasteiger partial charge in [-0.3, -0.25) is 0 Å². The second kappa shape index (κ2) is 5.52. The van der Waals surface area contributed by atoms with Crippen molar-refractivity contribution in [1.82, 2.24) is 0 Å². The van der Waals surface area contributed by atoms with Gasteiger partial charge in [0.15, 0.2) is 0 Å². The number of nitriles is 2. The van der Waals surface area contributed by atoms with E-state index >= 15 is 0 Å². The van der Waals surface area contributed by atoms with Gasteiger partial charge in [-0.15, -0.1) is 0 Å². The molecule has 0 bridgehead atoms. The zero-order valence-electron chi connectivity index (χ0n) is 9.77. The van der Waals surface area contributed by atoms with Crippen LogP contribution in [0.15, 0.2) is 42.5 Å².